The first kappa shape index (κ1) is 22.9. The summed E-state index contributed by atoms with van der Waals surface area (Å²) in [6.07, 6.45) is 0.618. The molecule has 3 rings (SSSR count). The van der Waals surface area contributed by atoms with E-state index in [0.717, 1.165) is 17.7 Å². The molecule has 32 heavy (non-hydrogen) atoms. The summed E-state index contributed by atoms with van der Waals surface area (Å²) < 4.78 is 20.3. The Labute approximate surface area is 184 Å². The van der Waals surface area contributed by atoms with Crippen LogP contribution >= 0.6 is 0 Å². The maximum absolute atomic E-state index is 13.7. The number of aryl methyl sites for hydroxylation is 2. The Kier molecular flexibility index (Phi) is 6.57. The summed E-state index contributed by atoms with van der Waals surface area (Å²) >= 11 is 0. The van der Waals surface area contributed by atoms with E-state index in [0.29, 0.717) is 10.9 Å². The number of nitrogens with zero attached hydrogens (tertiary/aromatic N) is 2. The summed E-state index contributed by atoms with van der Waals surface area (Å²) in [6, 6.07) is 8.92. The number of aromatic nitrogens is 2. The molecule has 8 nitrogen and oxygen atoms in total. The van der Waals surface area contributed by atoms with E-state index in [2.05, 4.69) is 15.6 Å². The zero-order valence-corrected chi connectivity index (χ0v) is 18.4. The van der Waals surface area contributed by atoms with E-state index in [1.807, 2.05) is 13.0 Å². The van der Waals surface area contributed by atoms with Gasteiger partial charge in [0.25, 0.3) is 5.56 Å². The Hall–Kier alpha value is -3.75. The van der Waals surface area contributed by atoms with Crippen LogP contribution in [-0.4, -0.2) is 27.2 Å². The van der Waals surface area contributed by atoms with Crippen molar-refractivity contribution < 1.29 is 18.7 Å². The van der Waals surface area contributed by atoms with E-state index < -0.39 is 23.4 Å². The summed E-state index contributed by atoms with van der Waals surface area (Å²) in [6.45, 7) is 7.10. The van der Waals surface area contributed by atoms with Crippen molar-refractivity contribution in [1.29, 1.82) is 0 Å². The van der Waals surface area contributed by atoms with Gasteiger partial charge in [-0.25, -0.2) is 14.2 Å². The van der Waals surface area contributed by atoms with Crippen LogP contribution in [0.5, 0.6) is 0 Å². The van der Waals surface area contributed by atoms with E-state index >= 15 is 0 Å². The highest BCUT2D eigenvalue weighted by molar-refractivity contribution is 5.97. The topological polar surface area (TPSA) is 102 Å². The number of nitrogens with one attached hydrogen (secondary N) is 2. The SMILES string of the molecule is Cc1cccc2c(=O)n(CCC(=O)Nc3cc(F)ccc3NC(=O)OC(C)(C)C)cnc12. The lowest BCUT2D eigenvalue weighted by Crippen LogP contribution is -2.28. The predicted octanol–water partition coefficient (Wildman–Crippen LogP) is 4.22. The zero-order chi connectivity index (χ0) is 23.5. The van der Waals surface area contributed by atoms with Crippen LogP contribution < -0.4 is 16.2 Å². The van der Waals surface area contributed by atoms with Gasteiger partial charge in [-0.15, -0.1) is 0 Å². The normalized spacial score (nSPS) is 11.3. The Balaban J connectivity index is 1.71. The maximum Gasteiger partial charge on any atom is 0.412 e. The number of anilines is 2. The van der Waals surface area contributed by atoms with Gasteiger partial charge in [-0.3, -0.25) is 19.5 Å². The molecule has 2 N–H and O–H groups in total. The van der Waals surface area contributed by atoms with Crippen molar-refractivity contribution in [1.82, 2.24) is 9.55 Å². The number of rotatable bonds is 5. The molecule has 0 radical (unpaired) electrons. The summed E-state index contributed by atoms with van der Waals surface area (Å²) in [5.74, 6) is -1.04. The van der Waals surface area contributed by atoms with E-state index in [9.17, 15) is 18.8 Å². The number of carbonyl (C=O) groups excluding carboxylic acids is 2. The third kappa shape index (κ3) is 5.69. The van der Waals surface area contributed by atoms with Crippen molar-refractivity contribution in [3.63, 3.8) is 0 Å². The van der Waals surface area contributed by atoms with Gasteiger partial charge in [0.05, 0.1) is 28.6 Å². The second-order valence-electron chi connectivity index (χ2n) is 8.33. The monoisotopic (exact) mass is 440 g/mol. The van der Waals surface area contributed by atoms with Gasteiger partial charge in [-0.1, -0.05) is 12.1 Å². The van der Waals surface area contributed by atoms with E-state index in [1.54, 1.807) is 32.9 Å². The predicted molar refractivity (Wildman–Crippen MR) is 120 cm³/mol. The summed E-state index contributed by atoms with van der Waals surface area (Å²) in [5, 5.41) is 5.54. The van der Waals surface area contributed by atoms with Gasteiger partial charge < -0.3 is 10.1 Å². The molecular weight excluding hydrogens is 415 g/mol. The number of hydrogen-bond donors (Lipinski definition) is 2. The lowest BCUT2D eigenvalue weighted by atomic mass is 10.1. The Morgan fingerprint density at radius 1 is 1.12 bits per heavy atom. The quantitative estimate of drug-likeness (QED) is 0.618. The van der Waals surface area contributed by atoms with Crippen LogP contribution in [-0.2, 0) is 16.1 Å². The molecule has 0 fully saturated rings. The minimum atomic E-state index is -0.733. The number of para-hydroxylation sites is 1. The fraction of sp³-hybridized carbons (Fsp3) is 0.304. The van der Waals surface area contributed by atoms with Gasteiger partial charge in [0, 0.05) is 13.0 Å². The molecule has 0 aliphatic heterocycles. The molecule has 2 amide bonds. The number of hydrogen-bond acceptors (Lipinski definition) is 5. The van der Waals surface area contributed by atoms with Crippen molar-refractivity contribution in [2.75, 3.05) is 10.6 Å². The lowest BCUT2D eigenvalue weighted by molar-refractivity contribution is -0.116. The average Bonchev–Trinajstić information content (AvgIpc) is 2.69. The molecule has 0 unspecified atom stereocenters. The van der Waals surface area contributed by atoms with Crippen LogP contribution in [0.3, 0.4) is 0 Å². The smallest absolute Gasteiger partial charge is 0.412 e. The molecule has 0 aliphatic rings. The second kappa shape index (κ2) is 9.17. The molecule has 0 bridgehead atoms. The highest BCUT2D eigenvalue weighted by Crippen LogP contribution is 2.24. The molecule has 0 saturated heterocycles. The standard InChI is InChI=1S/C23H25FN4O4/c1-14-6-5-7-16-20(14)25-13-28(21(16)30)11-10-19(29)26-18-12-15(24)8-9-17(18)27-22(31)32-23(2,3)4/h5-9,12-13H,10-11H2,1-4H3,(H,26,29)(H,27,31). The van der Waals surface area contributed by atoms with Gasteiger partial charge in [0.15, 0.2) is 0 Å². The molecular formula is C23H25FN4O4. The first-order chi connectivity index (χ1) is 15.0. The number of halogens is 1. The first-order valence-corrected chi connectivity index (χ1v) is 10.1. The van der Waals surface area contributed by atoms with Crippen molar-refractivity contribution in [3.8, 4) is 0 Å². The van der Waals surface area contributed by atoms with E-state index in [4.69, 9.17) is 4.74 Å². The fourth-order valence-electron chi connectivity index (χ4n) is 3.07. The van der Waals surface area contributed by atoms with Gasteiger partial charge >= 0.3 is 6.09 Å². The molecule has 1 aromatic heterocycles. The second-order valence-corrected chi connectivity index (χ2v) is 8.33. The fourth-order valence-corrected chi connectivity index (χ4v) is 3.07. The number of fused-ring (bicyclic) bond motifs is 1. The van der Waals surface area contributed by atoms with Crippen molar-refractivity contribution in [3.05, 3.63) is 64.5 Å². The zero-order valence-electron chi connectivity index (χ0n) is 18.4. The van der Waals surface area contributed by atoms with Gasteiger partial charge in [0.2, 0.25) is 5.91 Å². The molecule has 0 aliphatic carbocycles. The molecule has 2 aromatic carbocycles. The minimum Gasteiger partial charge on any atom is -0.444 e. The molecule has 0 saturated carbocycles. The molecule has 1 heterocycles. The molecule has 0 spiro atoms. The van der Waals surface area contributed by atoms with Crippen LogP contribution in [0.25, 0.3) is 10.9 Å². The third-order valence-electron chi connectivity index (χ3n) is 4.53. The minimum absolute atomic E-state index is 0.0543. The highest BCUT2D eigenvalue weighted by Gasteiger charge is 2.18. The molecule has 3 aromatic rings. The van der Waals surface area contributed by atoms with Gasteiger partial charge in [-0.05, 0) is 57.5 Å². The third-order valence-corrected chi connectivity index (χ3v) is 4.53. The Bertz CT molecular complexity index is 1230. The summed E-state index contributed by atoms with van der Waals surface area (Å²) in [7, 11) is 0. The molecule has 168 valence electrons. The number of carbonyl (C=O) groups is 2. The highest BCUT2D eigenvalue weighted by atomic mass is 19.1. The van der Waals surface area contributed by atoms with Crippen molar-refractivity contribution in [2.45, 2.75) is 46.3 Å². The number of benzene rings is 2. The van der Waals surface area contributed by atoms with Gasteiger partial charge in [0.1, 0.15) is 11.4 Å². The van der Waals surface area contributed by atoms with Crippen LogP contribution in [0.1, 0.15) is 32.8 Å². The molecule has 0 atom stereocenters. The Morgan fingerprint density at radius 3 is 2.59 bits per heavy atom. The Morgan fingerprint density at radius 2 is 1.88 bits per heavy atom. The van der Waals surface area contributed by atoms with Crippen LogP contribution in [0, 0.1) is 12.7 Å². The van der Waals surface area contributed by atoms with Gasteiger partial charge in [-0.2, -0.15) is 0 Å². The molecule has 9 heteroatoms. The number of amides is 2. The van der Waals surface area contributed by atoms with Crippen LogP contribution in [0.2, 0.25) is 0 Å². The van der Waals surface area contributed by atoms with Crippen molar-refractivity contribution in [2.24, 2.45) is 0 Å². The van der Waals surface area contributed by atoms with Crippen LogP contribution in [0.4, 0.5) is 20.6 Å². The summed E-state index contributed by atoms with van der Waals surface area (Å²) in [5.41, 5.74) is 0.822. The first-order valence-electron chi connectivity index (χ1n) is 10.1. The van der Waals surface area contributed by atoms with Crippen LogP contribution in [0.15, 0.2) is 47.5 Å². The summed E-state index contributed by atoms with van der Waals surface area (Å²) in [4.78, 5) is 41.5. The van der Waals surface area contributed by atoms with Crippen molar-refractivity contribution >= 4 is 34.3 Å². The average molecular weight is 440 g/mol. The largest absolute Gasteiger partial charge is 0.444 e. The number of ether oxygens (including phenoxy) is 1. The van der Waals surface area contributed by atoms with E-state index in [-0.39, 0.29) is 29.9 Å². The van der Waals surface area contributed by atoms with E-state index in [1.165, 1.54) is 17.0 Å². The maximum atomic E-state index is 13.7. The lowest BCUT2D eigenvalue weighted by Gasteiger charge is -2.20.